The van der Waals surface area contributed by atoms with Gasteiger partial charge in [0.15, 0.2) is 11.6 Å². The van der Waals surface area contributed by atoms with Crippen molar-refractivity contribution in [1.29, 1.82) is 0 Å². The normalized spacial score (nSPS) is 24.6. The summed E-state index contributed by atoms with van der Waals surface area (Å²) in [5.74, 6) is -7.38. The third kappa shape index (κ3) is 4.78. The lowest BCUT2D eigenvalue weighted by atomic mass is 9.80. The zero-order chi connectivity index (χ0) is 30.8. The van der Waals surface area contributed by atoms with E-state index in [9.17, 15) is 40.7 Å². The van der Waals surface area contributed by atoms with Crippen LogP contribution < -0.4 is 10.6 Å². The maximum atomic E-state index is 14.7. The third-order valence-electron chi connectivity index (χ3n) is 8.52. The highest BCUT2D eigenvalue weighted by Crippen LogP contribution is 2.46. The SMILES string of the molecule is C[C@H]1[C@@H](c2c(F)ccc(F)c2F)C[C@@H](NC(=O)c2cnc3c(c2)C[C@]2(C3)C(=O)Nc3ncccc32)C(=O)N1CC(F)(F)F. The Labute approximate surface area is 240 Å². The number of fused-ring (bicyclic) bond motifs is 3. The van der Waals surface area contributed by atoms with Gasteiger partial charge in [-0.25, -0.2) is 18.2 Å². The molecule has 0 saturated carbocycles. The van der Waals surface area contributed by atoms with Gasteiger partial charge in [-0.05, 0) is 49.6 Å². The molecule has 3 aliphatic rings. The highest BCUT2D eigenvalue weighted by molar-refractivity contribution is 6.06. The average molecular weight is 604 g/mol. The Morgan fingerprint density at radius 2 is 1.86 bits per heavy atom. The Morgan fingerprint density at radius 1 is 1.12 bits per heavy atom. The minimum absolute atomic E-state index is 0.0333. The second-order valence-corrected chi connectivity index (χ2v) is 11.1. The molecule has 4 heterocycles. The van der Waals surface area contributed by atoms with E-state index in [4.69, 9.17) is 0 Å². The quantitative estimate of drug-likeness (QED) is 0.348. The van der Waals surface area contributed by atoms with E-state index < -0.39 is 77.4 Å². The van der Waals surface area contributed by atoms with E-state index in [1.165, 1.54) is 19.2 Å². The van der Waals surface area contributed by atoms with Crippen LogP contribution in [0.4, 0.5) is 32.2 Å². The third-order valence-corrected chi connectivity index (χ3v) is 8.52. The van der Waals surface area contributed by atoms with E-state index in [1.807, 2.05) is 0 Å². The number of halogens is 6. The van der Waals surface area contributed by atoms with Gasteiger partial charge >= 0.3 is 6.18 Å². The van der Waals surface area contributed by atoms with Crippen molar-refractivity contribution in [3.8, 4) is 0 Å². The van der Waals surface area contributed by atoms with Gasteiger partial charge in [0.1, 0.15) is 24.2 Å². The maximum Gasteiger partial charge on any atom is 0.406 e. The van der Waals surface area contributed by atoms with E-state index >= 15 is 0 Å². The number of likely N-dealkylation sites (tertiary alicyclic amines) is 1. The molecule has 1 aliphatic carbocycles. The standard InChI is InChI=1S/C29H23F6N5O3/c1-13-16(22-18(30)4-5-19(31)23(22)32)8-20(26(42)40(13)12-29(33,34)35)38-25(41)15-7-14-9-28(10-21(14)37-11-15)17-3-2-6-36-24(17)39-27(28)43/h2-7,11,13,16,20H,8-10,12H2,1H3,(H,38,41)(H,36,39,43)/t13-,16-,20+,28+/m0/s1. The molecule has 2 aliphatic heterocycles. The fourth-order valence-corrected chi connectivity index (χ4v) is 6.43. The number of alkyl halides is 3. The van der Waals surface area contributed by atoms with Crippen LogP contribution in [0.2, 0.25) is 0 Å². The van der Waals surface area contributed by atoms with Crippen LogP contribution in [0.15, 0.2) is 42.7 Å². The molecule has 1 aromatic carbocycles. The Morgan fingerprint density at radius 3 is 2.60 bits per heavy atom. The van der Waals surface area contributed by atoms with Crippen molar-refractivity contribution in [2.24, 2.45) is 0 Å². The van der Waals surface area contributed by atoms with Crippen molar-refractivity contribution in [2.45, 2.75) is 55.8 Å². The second-order valence-electron chi connectivity index (χ2n) is 11.1. The monoisotopic (exact) mass is 603 g/mol. The number of amides is 3. The van der Waals surface area contributed by atoms with Crippen LogP contribution in [0.5, 0.6) is 0 Å². The number of nitrogens with one attached hydrogen (secondary N) is 2. The van der Waals surface area contributed by atoms with Crippen molar-refractivity contribution < 1.29 is 40.7 Å². The van der Waals surface area contributed by atoms with Gasteiger partial charge in [-0.2, -0.15) is 13.2 Å². The first-order chi connectivity index (χ1) is 20.3. The number of piperidine rings is 1. The van der Waals surface area contributed by atoms with Gasteiger partial charge in [0, 0.05) is 47.6 Å². The van der Waals surface area contributed by atoms with Crippen LogP contribution >= 0.6 is 0 Å². The summed E-state index contributed by atoms with van der Waals surface area (Å²) in [5.41, 5.74) is 0.0460. The van der Waals surface area contributed by atoms with Gasteiger partial charge in [-0.3, -0.25) is 19.4 Å². The van der Waals surface area contributed by atoms with Crippen LogP contribution in [0.1, 0.15) is 52.0 Å². The number of benzene rings is 1. The van der Waals surface area contributed by atoms with Crippen LogP contribution in [0.25, 0.3) is 0 Å². The molecule has 1 saturated heterocycles. The summed E-state index contributed by atoms with van der Waals surface area (Å²) in [6, 6.07) is 3.19. The number of rotatable bonds is 4. The lowest BCUT2D eigenvalue weighted by Gasteiger charge is -2.43. The lowest BCUT2D eigenvalue weighted by Crippen LogP contribution is -2.60. The molecule has 3 amide bonds. The second kappa shape index (κ2) is 10.1. The van der Waals surface area contributed by atoms with Crippen LogP contribution in [0, 0.1) is 17.5 Å². The minimum Gasteiger partial charge on any atom is -0.340 e. The van der Waals surface area contributed by atoms with Crippen molar-refractivity contribution in [3.63, 3.8) is 0 Å². The first-order valence-corrected chi connectivity index (χ1v) is 13.4. The van der Waals surface area contributed by atoms with Crippen molar-refractivity contribution in [2.75, 3.05) is 11.9 Å². The van der Waals surface area contributed by atoms with Gasteiger partial charge in [-0.15, -0.1) is 0 Å². The zero-order valence-corrected chi connectivity index (χ0v) is 22.4. The highest BCUT2D eigenvalue weighted by Gasteiger charge is 2.52. The molecular weight excluding hydrogens is 580 g/mol. The number of carbonyl (C=O) groups is 3. The molecule has 4 atom stereocenters. The number of anilines is 1. The van der Waals surface area contributed by atoms with Gasteiger partial charge in [0.05, 0.1) is 11.0 Å². The molecule has 0 radical (unpaired) electrons. The number of hydrogen-bond donors (Lipinski definition) is 2. The van der Waals surface area contributed by atoms with Gasteiger partial charge in [0.2, 0.25) is 11.8 Å². The molecule has 224 valence electrons. The summed E-state index contributed by atoms with van der Waals surface area (Å²) in [6.45, 7) is -0.557. The molecule has 0 unspecified atom stereocenters. The van der Waals surface area contributed by atoms with Gasteiger partial charge in [0.25, 0.3) is 5.91 Å². The summed E-state index contributed by atoms with van der Waals surface area (Å²) in [6.07, 6.45) is -2.11. The zero-order valence-electron chi connectivity index (χ0n) is 22.4. The van der Waals surface area contributed by atoms with Gasteiger partial charge < -0.3 is 15.5 Å². The molecule has 1 spiro atoms. The number of carbonyl (C=O) groups excluding carboxylic acids is 3. The lowest BCUT2D eigenvalue weighted by molar-refractivity contribution is -0.170. The number of hydrogen-bond acceptors (Lipinski definition) is 5. The van der Waals surface area contributed by atoms with Crippen LogP contribution in [0.3, 0.4) is 0 Å². The number of pyridine rings is 2. The predicted molar refractivity (Wildman–Crippen MR) is 138 cm³/mol. The van der Waals surface area contributed by atoms with E-state index in [0.29, 0.717) is 39.7 Å². The van der Waals surface area contributed by atoms with Crippen molar-refractivity contribution in [3.05, 3.63) is 88.1 Å². The summed E-state index contributed by atoms with van der Waals surface area (Å²) in [5, 5.41) is 5.14. The van der Waals surface area contributed by atoms with E-state index in [1.54, 1.807) is 18.3 Å². The fourth-order valence-electron chi connectivity index (χ4n) is 6.43. The molecule has 0 bridgehead atoms. The fraction of sp³-hybridized carbons (Fsp3) is 0.345. The molecule has 6 rings (SSSR count). The van der Waals surface area contributed by atoms with Crippen LogP contribution in [-0.4, -0.2) is 57.4 Å². The van der Waals surface area contributed by atoms with E-state index in [-0.39, 0.29) is 24.3 Å². The number of nitrogens with zero attached hydrogens (tertiary/aromatic N) is 3. The van der Waals surface area contributed by atoms with E-state index in [2.05, 4.69) is 20.6 Å². The van der Waals surface area contributed by atoms with Gasteiger partial charge in [-0.1, -0.05) is 6.07 Å². The van der Waals surface area contributed by atoms with Crippen molar-refractivity contribution >= 4 is 23.5 Å². The first kappa shape index (κ1) is 28.6. The summed E-state index contributed by atoms with van der Waals surface area (Å²) in [4.78, 5) is 48.4. The summed E-state index contributed by atoms with van der Waals surface area (Å²) in [7, 11) is 0. The molecule has 1 fully saturated rings. The highest BCUT2D eigenvalue weighted by atomic mass is 19.4. The van der Waals surface area contributed by atoms with E-state index in [0.717, 1.165) is 0 Å². The van der Waals surface area contributed by atoms with Crippen LogP contribution in [-0.2, 0) is 27.8 Å². The minimum atomic E-state index is -4.86. The molecule has 3 aromatic rings. The largest absolute Gasteiger partial charge is 0.406 e. The first-order valence-electron chi connectivity index (χ1n) is 13.4. The predicted octanol–water partition coefficient (Wildman–Crippen LogP) is 3.95. The summed E-state index contributed by atoms with van der Waals surface area (Å²) < 4.78 is 83.8. The molecule has 8 nitrogen and oxygen atoms in total. The summed E-state index contributed by atoms with van der Waals surface area (Å²) >= 11 is 0. The Bertz CT molecular complexity index is 1680. The number of aromatic nitrogens is 2. The molecule has 43 heavy (non-hydrogen) atoms. The average Bonchev–Trinajstić information content (AvgIpc) is 3.47. The smallest absolute Gasteiger partial charge is 0.340 e. The molecule has 14 heteroatoms. The van der Waals surface area contributed by atoms with Crippen molar-refractivity contribution in [1.82, 2.24) is 20.2 Å². The maximum absolute atomic E-state index is 14.7. The Kier molecular flexibility index (Phi) is 6.69. The topological polar surface area (TPSA) is 104 Å². The Balaban J connectivity index is 1.28. The Hall–Kier alpha value is -4.49. The molecular formula is C29H23F6N5O3. The molecule has 2 N–H and O–H groups in total. The molecule has 2 aromatic heterocycles.